The molecule has 5 rings (SSSR count). The van der Waals surface area contributed by atoms with Crippen LogP contribution < -0.4 is 9.64 Å². The molecular weight excluding hydrogens is 462 g/mol. The minimum absolute atomic E-state index is 0.321. The Morgan fingerprint density at radius 3 is 2.46 bits per heavy atom. The number of anilines is 1. The van der Waals surface area contributed by atoms with Crippen molar-refractivity contribution in [3.63, 3.8) is 0 Å². The number of hydrogen-bond acceptors (Lipinski definition) is 6. The van der Waals surface area contributed by atoms with Gasteiger partial charge in [0.05, 0.1) is 24.5 Å². The summed E-state index contributed by atoms with van der Waals surface area (Å²) >= 11 is 0. The van der Waals surface area contributed by atoms with Crippen LogP contribution in [-0.4, -0.2) is 35.2 Å². The Hall–Kier alpha value is -3.41. The highest BCUT2D eigenvalue weighted by Crippen LogP contribution is 2.31. The molecule has 6 nitrogen and oxygen atoms in total. The first-order chi connectivity index (χ1) is 18.1. The minimum Gasteiger partial charge on any atom is -0.490 e. The number of hydrogen-bond donors (Lipinski definition) is 0. The summed E-state index contributed by atoms with van der Waals surface area (Å²) < 4.78 is 11.2. The topological polar surface area (TPSA) is 64.5 Å². The number of rotatable bonds is 8. The van der Waals surface area contributed by atoms with Gasteiger partial charge < -0.3 is 14.4 Å². The van der Waals surface area contributed by atoms with E-state index in [1.165, 1.54) is 32.8 Å². The third kappa shape index (κ3) is 6.30. The average molecular weight is 500 g/mol. The Bertz CT molecular complexity index is 1180. The van der Waals surface area contributed by atoms with Crippen LogP contribution in [0.3, 0.4) is 0 Å². The summed E-state index contributed by atoms with van der Waals surface area (Å²) in [6.07, 6.45) is 11.6. The molecule has 0 bridgehead atoms. The van der Waals surface area contributed by atoms with E-state index in [0.29, 0.717) is 24.3 Å². The van der Waals surface area contributed by atoms with Gasteiger partial charge in [0.2, 0.25) is 5.95 Å². The highest BCUT2D eigenvalue weighted by Gasteiger charge is 2.26. The van der Waals surface area contributed by atoms with Crippen molar-refractivity contribution in [2.24, 2.45) is 5.92 Å². The van der Waals surface area contributed by atoms with Gasteiger partial charge in [-0.3, -0.25) is 0 Å². The number of esters is 1. The van der Waals surface area contributed by atoms with Gasteiger partial charge in [-0.2, -0.15) is 0 Å². The van der Waals surface area contributed by atoms with Crippen LogP contribution >= 0.6 is 0 Å². The largest absolute Gasteiger partial charge is 0.490 e. The molecule has 1 heterocycles. The van der Waals surface area contributed by atoms with Crippen molar-refractivity contribution in [2.45, 2.75) is 77.0 Å². The number of carbonyl (C=O) groups excluding carboxylic acids is 1. The van der Waals surface area contributed by atoms with Gasteiger partial charge in [-0.15, -0.1) is 0 Å². The van der Waals surface area contributed by atoms with Crippen LogP contribution in [0.5, 0.6) is 5.75 Å². The van der Waals surface area contributed by atoms with E-state index in [9.17, 15) is 4.79 Å². The fourth-order valence-corrected chi connectivity index (χ4v) is 5.58. The van der Waals surface area contributed by atoms with Crippen molar-refractivity contribution < 1.29 is 14.3 Å². The van der Waals surface area contributed by atoms with Crippen LogP contribution in [0.15, 0.2) is 60.8 Å². The van der Waals surface area contributed by atoms with Gasteiger partial charge in [0.1, 0.15) is 5.75 Å². The summed E-state index contributed by atoms with van der Waals surface area (Å²) in [5.41, 5.74) is 3.55. The maximum absolute atomic E-state index is 12.1. The molecule has 0 radical (unpaired) electrons. The standard InChI is InChI=1S/C31H37N3O3/c1-22-10-14-27(15-11-22)37-28-16-12-24(13-17-28)29-18-19-32-31(33-29)34(26-8-3-4-9-26)21-23-6-5-7-25(20-23)30(35)36-2/h5-7,12-13,16-20,22,26-27H,3-4,8-11,14-15,21H2,1-2H3. The fourth-order valence-electron chi connectivity index (χ4n) is 5.58. The summed E-state index contributed by atoms with van der Waals surface area (Å²) in [5, 5.41) is 0. The highest BCUT2D eigenvalue weighted by molar-refractivity contribution is 5.89. The minimum atomic E-state index is -0.321. The second kappa shape index (κ2) is 11.8. The Balaban J connectivity index is 1.34. The molecule has 37 heavy (non-hydrogen) atoms. The lowest BCUT2D eigenvalue weighted by Gasteiger charge is -2.29. The van der Waals surface area contributed by atoms with E-state index in [0.717, 1.165) is 60.1 Å². The van der Waals surface area contributed by atoms with Crippen molar-refractivity contribution in [2.75, 3.05) is 12.0 Å². The van der Waals surface area contributed by atoms with E-state index in [2.05, 4.69) is 41.1 Å². The van der Waals surface area contributed by atoms with Crippen LogP contribution in [0.1, 0.15) is 74.2 Å². The lowest BCUT2D eigenvalue weighted by molar-refractivity contribution is 0.0600. The summed E-state index contributed by atoms with van der Waals surface area (Å²) in [6.45, 7) is 2.97. The normalized spacial score (nSPS) is 19.9. The molecule has 0 spiro atoms. The van der Waals surface area contributed by atoms with Crippen molar-refractivity contribution in [3.8, 4) is 17.0 Å². The zero-order valence-electron chi connectivity index (χ0n) is 21.9. The molecule has 2 aliphatic carbocycles. The third-order valence-electron chi connectivity index (χ3n) is 7.78. The van der Waals surface area contributed by atoms with Crippen LogP contribution in [0.4, 0.5) is 5.95 Å². The van der Waals surface area contributed by atoms with Crippen molar-refractivity contribution in [1.29, 1.82) is 0 Å². The second-order valence-corrected chi connectivity index (χ2v) is 10.5. The van der Waals surface area contributed by atoms with Crippen LogP contribution in [-0.2, 0) is 11.3 Å². The zero-order valence-corrected chi connectivity index (χ0v) is 21.9. The third-order valence-corrected chi connectivity index (χ3v) is 7.78. The Labute approximate surface area is 220 Å². The smallest absolute Gasteiger partial charge is 0.337 e. The summed E-state index contributed by atoms with van der Waals surface area (Å²) in [5.74, 6) is 2.15. The van der Waals surface area contributed by atoms with Gasteiger partial charge in [-0.1, -0.05) is 31.9 Å². The lowest BCUT2D eigenvalue weighted by atomic mass is 9.89. The second-order valence-electron chi connectivity index (χ2n) is 10.5. The molecule has 3 aromatic rings. The first-order valence-corrected chi connectivity index (χ1v) is 13.6. The monoisotopic (exact) mass is 499 g/mol. The molecule has 0 saturated heterocycles. The molecule has 2 fully saturated rings. The molecule has 6 heteroatoms. The molecule has 194 valence electrons. The lowest BCUT2D eigenvalue weighted by Crippen LogP contribution is -2.34. The summed E-state index contributed by atoms with van der Waals surface area (Å²) in [7, 11) is 1.41. The molecule has 2 aromatic carbocycles. The van der Waals surface area contributed by atoms with Crippen molar-refractivity contribution in [3.05, 3.63) is 71.9 Å². The zero-order chi connectivity index (χ0) is 25.6. The van der Waals surface area contributed by atoms with Gasteiger partial charge in [0.25, 0.3) is 0 Å². The Morgan fingerprint density at radius 2 is 1.73 bits per heavy atom. The molecule has 0 atom stereocenters. The van der Waals surface area contributed by atoms with Crippen molar-refractivity contribution in [1.82, 2.24) is 9.97 Å². The van der Waals surface area contributed by atoms with Gasteiger partial charge in [-0.05, 0) is 92.5 Å². The highest BCUT2D eigenvalue weighted by atomic mass is 16.5. The van der Waals surface area contributed by atoms with E-state index >= 15 is 0 Å². The van der Waals surface area contributed by atoms with E-state index in [-0.39, 0.29) is 5.97 Å². The summed E-state index contributed by atoms with van der Waals surface area (Å²) in [4.78, 5) is 24.0. The van der Waals surface area contributed by atoms with Gasteiger partial charge in [0.15, 0.2) is 0 Å². The number of ether oxygens (including phenoxy) is 2. The molecule has 2 aliphatic rings. The Kier molecular flexibility index (Phi) is 8.02. The van der Waals surface area contributed by atoms with E-state index < -0.39 is 0 Å². The number of benzene rings is 2. The number of aromatic nitrogens is 2. The molecule has 1 aromatic heterocycles. The maximum Gasteiger partial charge on any atom is 0.337 e. The van der Waals surface area contributed by atoms with Crippen LogP contribution in [0.25, 0.3) is 11.3 Å². The van der Waals surface area contributed by atoms with Gasteiger partial charge >= 0.3 is 5.97 Å². The molecular formula is C31H37N3O3. The maximum atomic E-state index is 12.1. The fraction of sp³-hybridized carbons (Fsp3) is 0.452. The predicted molar refractivity (Wildman–Crippen MR) is 146 cm³/mol. The number of carbonyl (C=O) groups is 1. The summed E-state index contributed by atoms with van der Waals surface area (Å²) in [6, 6.07) is 18.3. The number of methoxy groups -OCH3 is 1. The van der Waals surface area contributed by atoms with E-state index in [4.69, 9.17) is 14.5 Å². The Morgan fingerprint density at radius 1 is 0.973 bits per heavy atom. The quantitative estimate of drug-likeness (QED) is 0.316. The molecule has 0 N–H and O–H groups in total. The first kappa shape index (κ1) is 25.2. The average Bonchev–Trinajstić information content (AvgIpc) is 3.48. The first-order valence-electron chi connectivity index (χ1n) is 13.6. The van der Waals surface area contributed by atoms with E-state index in [1.54, 1.807) is 6.07 Å². The van der Waals surface area contributed by atoms with Crippen molar-refractivity contribution >= 4 is 11.9 Å². The molecule has 2 saturated carbocycles. The van der Waals surface area contributed by atoms with Crippen LogP contribution in [0.2, 0.25) is 0 Å². The van der Waals surface area contributed by atoms with E-state index in [1.807, 2.05) is 30.5 Å². The van der Waals surface area contributed by atoms with Gasteiger partial charge in [-0.25, -0.2) is 14.8 Å². The predicted octanol–water partition coefficient (Wildman–Crippen LogP) is 6.84. The molecule has 0 unspecified atom stereocenters. The van der Waals surface area contributed by atoms with Gasteiger partial charge in [0, 0.05) is 24.3 Å². The SMILES string of the molecule is COC(=O)c1cccc(CN(c2nccc(-c3ccc(OC4CCC(C)CC4)cc3)n2)C2CCCC2)c1. The number of nitrogens with zero attached hydrogens (tertiary/aromatic N) is 3. The molecule has 0 amide bonds. The van der Waals surface area contributed by atoms with Crippen LogP contribution in [0, 0.1) is 5.92 Å². The molecule has 0 aliphatic heterocycles.